The first-order valence-electron chi connectivity index (χ1n) is 5.35. The van der Waals surface area contributed by atoms with E-state index in [2.05, 4.69) is 0 Å². The summed E-state index contributed by atoms with van der Waals surface area (Å²) in [5.41, 5.74) is 1.26. The van der Waals surface area contributed by atoms with Crippen molar-refractivity contribution in [2.24, 2.45) is 0 Å². The molecule has 0 bridgehead atoms. The van der Waals surface area contributed by atoms with E-state index in [-0.39, 0.29) is 17.6 Å². The summed E-state index contributed by atoms with van der Waals surface area (Å²) in [7, 11) is 0. The van der Waals surface area contributed by atoms with Gasteiger partial charge in [0.15, 0.2) is 5.78 Å². The Morgan fingerprint density at radius 2 is 2.24 bits per heavy atom. The van der Waals surface area contributed by atoms with Crippen LogP contribution in [0.3, 0.4) is 0 Å². The highest BCUT2D eigenvalue weighted by Crippen LogP contribution is 2.37. The SMILES string of the molecule is O=C1CCC2Oc3ccc([N+](=O)[O-])cc3C=C12. The third-order valence-electron chi connectivity index (χ3n) is 3.09. The Morgan fingerprint density at radius 3 is 3.00 bits per heavy atom. The molecule has 0 N–H and O–H groups in total. The number of hydrogen-bond donors (Lipinski definition) is 0. The Hall–Kier alpha value is -2.17. The van der Waals surface area contributed by atoms with E-state index in [1.54, 1.807) is 12.1 Å². The van der Waals surface area contributed by atoms with Crippen molar-refractivity contribution in [2.45, 2.75) is 18.9 Å². The minimum atomic E-state index is -0.457. The third kappa shape index (κ3) is 1.51. The number of nitrogens with zero attached hydrogens (tertiary/aromatic N) is 1. The lowest BCUT2D eigenvalue weighted by Gasteiger charge is -2.21. The van der Waals surface area contributed by atoms with Crippen LogP contribution < -0.4 is 4.74 Å². The van der Waals surface area contributed by atoms with Crippen molar-refractivity contribution < 1.29 is 14.5 Å². The number of hydrogen-bond acceptors (Lipinski definition) is 4. The van der Waals surface area contributed by atoms with Gasteiger partial charge in [-0.25, -0.2) is 0 Å². The van der Waals surface area contributed by atoms with Gasteiger partial charge in [0.05, 0.1) is 4.92 Å². The molecular formula is C12H9NO4. The Kier molecular flexibility index (Phi) is 2.01. The molecular weight excluding hydrogens is 222 g/mol. The highest BCUT2D eigenvalue weighted by atomic mass is 16.6. The number of rotatable bonds is 1. The number of fused-ring (bicyclic) bond motifs is 2. The molecule has 2 aliphatic rings. The van der Waals surface area contributed by atoms with Gasteiger partial charge in [-0.1, -0.05) is 0 Å². The minimum absolute atomic E-state index is 0.00750. The number of Topliss-reactive ketones (excluding diaryl/α,β-unsaturated/α-hetero) is 1. The second-order valence-electron chi connectivity index (χ2n) is 4.15. The maximum Gasteiger partial charge on any atom is 0.270 e. The summed E-state index contributed by atoms with van der Waals surface area (Å²) >= 11 is 0. The van der Waals surface area contributed by atoms with Crippen LogP contribution in [0.15, 0.2) is 23.8 Å². The summed E-state index contributed by atoms with van der Waals surface area (Å²) in [6.45, 7) is 0. The predicted octanol–water partition coefficient (Wildman–Crippen LogP) is 2.10. The zero-order chi connectivity index (χ0) is 12.0. The smallest absolute Gasteiger partial charge is 0.270 e. The number of nitro groups is 1. The molecule has 1 unspecified atom stereocenters. The van der Waals surface area contributed by atoms with Crippen LogP contribution in [0, 0.1) is 10.1 Å². The largest absolute Gasteiger partial charge is 0.485 e. The maximum absolute atomic E-state index is 11.6. The lowest BCUT2D eigenvalue weighted by atomic mass is 10.0. The molecule has 5 heteroatoms. The first-order chi connectivity index (χ1) is 8.15. The van der Waals surface area contributed by atoms with Gasteiger partial charge in [-0.2, -0.15) is 0 Å². The molecule has 0 saturated heterocycles. The van der Waals surface area contributed by atoms with Crippen molar-refractivity contribution in [1.29, 1.82) is 0 Å². The molecule has 5 nitrogen and oxygen atoms in total. The van der Waals surface area contributed by atoms with Crippen molar-refractivity contribution in [1.82, 2.24) is 0 Å². The molecule has 3 rings (SSSR count). The van der Waals surface area contributed by atoms with Crippen LogP contribution in [0.25, 0.3) is 6.08 Å². The fourth-order valence-electron chi connectivity index (χ4n) is 2.23. The van der Waals surface area contributed by atoms with Gasteiger partial charge in [-0.15, -0.1) is 0 Å². The average molecular weight is 231 g/mol. The number of carbonyl (C=O) groups excluding carboxylic acids is 1. The van der Waals surface area contributed by atoms with Gasteiger partial charge in [0.1, 0.15) is 11.9 Å². The van der Waals surface area contributed by atoms with E-state index in [0.29, 0.717) is 29.7 Å². The van der Waals surface area contributed by atoms with Crippen molar-refractivity contribution in [3.05, 3.63) is 39.4 Å². The van der Waals surface area contributed by atoms with Crippen molar-refractivity contribution in [2.75, 3.05) is 0 Å². The van der Waals surface area contributed by atoms with Gasteiger partial charge < -0.3 is 4.74 Å². The second kappa shape index (κ2) is 3.41. The molecule has 0 aromatic heterocycles. The van der Waals surface area contributed by atoms with Crippen LogP contribution in [-0.4, -0.2) is 16.8 Å². The Balaban J connectivity index is 2.09. The monoisotopic (exact) mass is 231 g/mol. The first kappa shape index (κ1) is 10.0. The zero-order valence-electron chi connectivity index (χ0n) is 8.88. The Morgan fingerprint density at radius 1 is 1.41 bits per heavy atom. The average Bonchev–Trinajstić information content (AvgIpc) is 2.67. The molecule has 0 spiro atoms. The van der Waals surface area contributed by atoms with E-state index in [1.807, 2.05) is 0 Å². The number of carbonyl (C=O) groups is 1. The summed E-state index contributed by atoms with van der Waals surface area (Å²) < 4.78 is 5.65. The number of ketones is 1. The molecule has 0 radical (unpaired) electrons. The first-order valence-corrected chi connectivity index (χ1v) is 5.35. The summed E-state index contributed by atoms with van der Waals surface area (Å²) in [4.78, 5) is 21.8. The molecule has 0 amide bonds. The Bertz CT molecular complexity index is 562. The van der Waals surface area contributed by atoms with Gasteiger partial charge in [0, 0.05) is 29.7 Å². The summed E-state index contributed by atoms with van der Waals surface area (Å²) in [5.74, 6) is 0.686. The summed E-state index contributed by atoms with van der Waals surface area (Å²) in [6, 6.07) is 4.43. The van der Waals surface area contributed by atoms with Crippen LogP contribution in [0.2, 0.25) is 0 Å². The van der Waals surface area contributed by atoms with Crippen LogP contribution in [-0.2, 0) is 4.79 Å². The fraction of sp³-hybridized carbons (Fsp3) is 0.250. The molecule has 1 aliphatic carbocycles. The highest BCUT2D eigenvalue weighted by Gasteiger charge is 2.33. The van der Waals surface area contributed by atoms with E-state index in [9.17, 15) is 14.9 Å². The molecule has 1 aromatic rings. The zero-order valence-corrected chi connectivity index (χ0v) is 8.88. The van der Waals surface area contributed by atoms with E-state index in [1.165, 1.54) is 12.1 Å². The topological polar surface area (TPSA) is 69.4 Å². The van der Waals surface area contributed by atoms with Gasteiger partial charge >= 0.3 is 0 Å². The van der Waals surface area contributed by atoms with Crippen LogP contribution >= 0.6 is 0 Å². The number of ether oxygens (including phenoxy) is 1. The Labute approximate surface area is 96.8 Å². The number of nitro benzene ring substituents is 1. The van der Waals surface area contributed by atoms with Gasteiger partial charge in [-0.05, 0) is 18.6 Å². The lowest BCUT2D eigenvalue weighted by molar-refractivity contribution is -0.384. The maximum atomic E-state index is 11.6. The number of non-ortho nitro benzene ring substituents is 1. The summed E-state index contributed by atoms with van der Waals surface area (Å²) in [5, 5.41) is 10.7. The van der Waals surface area contributed by atoms with Crippen LogP contribution in [0.4, 0.5) is 5.69 Å². The van der Waals surface area contributed by atoms with E-state index < -0.39 is 4.92 Å². The molecule has 1 aromatic carbocycles. The second-order valence-corrected chi connectivity index (χ2v) is 4.15. The third-order valence-corrected chi connectivity index (χ3v) is 3.09. The van der Waals surface area contributed by atoms with Crippen molar-refractivity contribution in [3.8, 4) is 5.75 Å². The molecule has 1 atom stereocenters. The van der Waals surface area contributed by atoms with E-state index >= 15 is 0 Å². The number of benzene rings is 1. The predicted molar refractivity (Wildman–Crippen MR) is 59.7 cm³/mol. The molecule has 1 aliphatic heterocycles. The van der Waals surface area contributed by atoms with Crippen molar-refractivity contribution >= 4 is 17.5 Å². The molecule has 1 heterocycles. The van der Waals surface area contributed by atoms with Gasteiger partial charge in [-0.3, -0.25) is 14.9 Å². The lowest BCUT2D eigenvalue weighted by Crippen LogP contribution is -2.19. The van der Waals surface area contributed by atoms with E-state index in [0.717, 1.165) is 0 Å². The minimum Gasteiger partial charge on any atom is -0.485 e. The van der Waals surface area contributed by atoms with Gasteiger partial charge in [0.25, 0.3) is 5.69 Å². The fourth-order valence-corrected chi connectivity index (χ4v) is 2.23. The molecule has 1 fully saturated rings. The normalized spacial score (nSPS) is 21.3. The molecule has 1 saturated carbocycles. The van der Waals surface area contributed by atoms with Crippen molar-refractivity contribution in [3.63, 3.8) is 0 Å². The highest BCUT2D eigenvalue weighted by molar-refractivity contribution is 6.03. The van der Waals surface area contributed by atoms with Gasteiger partial charge in [0.2, 0.25) is 0 Å². The van der Waals surface area contributed by atoms with Crippen LogP contribution in [0.5, 0.6) is 5.75 Å². The standard InChI is InChI=1S/C12H9NO4/c14-10-2-4-12-9(10)6-7-5-8(13(15)16)1-3-11(7)17-12/h1,3,5-6,12H,2,4H2. The summed E-state index contributed by atoms with van der Waals surface area (Å²) in [6.07, 6.45) is 2.73. The molecule has 86 valence electrons. The van der Waals surface area contributed by atoms with Crippen LogP contribution in [0.1, 0.15) is 18.4 Å². The quantitative estimate of drug-likeness (QED) is 0.548. The molecule has 17 heavy (non-hydrogen) atoms. The van der Waals surface area contributed by atoms with E-state index in [4.69, 9.17) is 4.74 Å².